The van der Waals surface area contributed by atoms with E-state index >= 15 is 0 Å². The van der Waals surface area contributed by atoms with Crippen molar-refractivity contribution in [3.05, 3.63) is 56.6 Å². The monoisotopic (exact) mass is 475 g/mol. The molecule has 0 bridgehead atoms. The number of rotatable bonds is 9. The van der Waals surface area contributed by atoms with Crippen molar-refractivity contribution in [1.29, 1.82) is 0 Å². The molecule has 0 amide bonds. The van der Waals surface area contributed by atoms with Crippen molar-refractivity contribution in [2.75, 3.05) is 27.2 Å². The van der Waals surface area contributed by atoms with Crippen molar-refractivity contribution in [1.82, 2.24) is 9.62 Å². The maximum absolute atomic E-state index is 13.0. The Bertz CT molecular complexity index is 1020. The van der Waals surface area contributed by atoms with Crippen LogP contribution in [0.3, 0.4) is 0 Å². The van der Waals surface area contributed by atoms with Crippen LogP contribution in [0.25, 0.3) is 0 Å². The second-order valence-electron chi connectivity index (χ2n) is 7.82. The fraction of sp³-hybridized carbons (Fsp3) is 0.368. The molecule has 0 aliphatic carbocycles. The number of halogens is 2. The van der Waals surface area contributed by atoms with Gasteiger partial charge in [0.05, 0.1) is 4.92 Å². The highest BCUT2D eigenvalue weighted by atomic mass is 35.5. The van der Waals surface area contributed by atoms with Crippen LogP contribution in [-0.2, 0) is 10.0 Å². The molecule has 0 heterocycles. The second-order valence-corrected chi connectivity index (χ2v) is 10.4. The minimum Gasteiger partial charge on any atom is -0.456 e. The summed E-state index contributed by atoms with van der Waals surface area (Å²) in [6.45, 7) is 4.58. The number of nitrogens with one attached hydrogen (secondary N) is 1. The molecule has 0 aliphatic heterocycles. The summed E-state index contributed by atoms with van der Waals surface area (Å²) in [5, 5.41) is 11.8. The normalized spacial score (nSPS) is 12.2. The molecule has 8 nitrogen and oxygen atoms in total. The van der Waals surface area contributed by atoms with Crippen LogP contribution in [0.4, 0.5) is 5.69 Å². The van der Waals surface area contributed by atoms with Crippen LogP contribution in [-0.4, -0.2) is 45.4 Å². The summed E-state index contributed by atoms with van der Waals surface area (Å²) < 4.78 is 34.2. The number of benzene rings is 2. The van der Waals surface area contributed by atoms with Crippen LogP contribution in [0.5, 0.6) is 11.5 Å². The Labute approximate surface area is 185 Å². The van der Waals surface area contributed by atoms with Gasteiger partial charge in [-0.2, -0.15) is 0 Å². The van der Waals surface area contributed by atoms with E-state index in [2.05, 4.69) is 4.72 Å². The molecule has 2 aromatic rings. The lowest BCUT2D eigenvalue weighted by molar-refractivity contribution is -0.385. The Kier molecular flexibility index (Phi) is 7.70. The molecule has 0 aromatic heterocycles. The summed E-state index contributed by atoms with van der Waals surface area (Å²) in [4.78, 5) is 12.1. The first kappa shape index (κ1) is 24.4. The molecular weight excluding hydrogens is 453 g/mol. The molecule has 0 unspecified atom stereocenters. The Balaban J connectivity index is 2.42. The number of hydrogen-bond acceptors (Lipinski definition) is 6. The first-order valence-electron chi connectivity index (χ1n) is 8.86. The second kappa shape index (κ2) is 9.49. The number of ether oxygens (including phenoxy) is 1. The van der Waals surface area contributed by atoms with Gasteiger partial charge >= 0.3 is 0 Å². The van der Waals surface area contributed by atoms with Crippen molar-refractivity contribution in [3.63, 3.8) is 0 Å². The van der Waals surface area contributed by atoms with Crippen molar-refractivity contribution < 1.29 is 18.1 Å². The van der Waals surface area contributed by atoms with E-state index in [0.29, 0.717) is 16.6 Å². The molecule has 0 saturated carbocycles. The zero-order chi connectivity index (χ0) is 22.7. The first-order valence-corrected chi connectivity index (χ1v) is 11.1. The third-order valence-electron chi connectivity index (χ3n) is 3.98. The van der Waals surface area contributed by atoms with Crippen LogP contribution >= 0.6 is 23.2 Å². The molecule has 30 heavy (non-hydrogen) atoms. The van der Waals surface area contributed by atoms with Gasteiger partial charge in [0.1, 0.15) is 16.4 Å². The Morgan fingerprint density at radius 2 is 1.73 bits per heavy atom. The van der Waals surface area contributed by atoms with Crippen LogP contribution in [0, 0.1) is 15.5 Å². The van der Waals surface area contributed by atoms with Crippen molar-refractivity contribution in [3.8, 4) is 11.5 Å². The molecule has 0 saturated heterocycles. The molecule has 0 spiro atoms. The molecule has 0 radical (unpaired) electrons. The van der Waals surface area contributed by atoms with Gasteiger partial charge in [0, 0.05) is 35.3 Å². The highest BCUT2D eigenvalue weighted by Crippen LogP contribution is 2.34. The molecule has 2 rings (SSSR count). The van der Waals surface area contributed by atoms with Gasteiger partial charge < -0.3 is 9.64 Å². The number of non-ortho nitro benzene ring substituents is 1. The molecule has 164 valence electrons. The largest absolute Gasteiger partial charge is 0.456 e. The maximum atomic E-state index is 13.0. The average Bonchev–Trinajstić information content (AvgIpc) is 2.58. The highest BCUT2D eigenvalue weighted by molar-refractivity contribution is 7.89. The third-order valence-corrected chi connectivity index (χ3v) is 5.84. The smallest absolute Gasteiger partial charge is 0.271 e. The van der Waals surface area contributed by atoms with Gasteiger partial charge in [-0.05, 0) is 43.8 Å². The van der Waals surface area contributed by atoms with Crippen molar-refractivity contribution >= 4 is 38.9 Å². The van der Waals surface area contributed by atoms with Gasteiger partial charge in [-0.15, -0.1) is 0 Å². The third kappa shape index (κ3) is 6.82. The predicted molar refractivity (Wildman–Crippen MR) is 117 cm³/mol. The van der Waals surface area contributed by atoms with Gasteiger partial charge in [0.25, 0.3) is 5.69 Å². The number of hydrogen-bond donors (Lipinski definition) is 1. The Hall–Kier alpha value is -1.91. The number of nitro groups is 1. The van der Waals surface area contributed by atoms with Crippen LogP contribution in [0.15, 0.2) is 41.3 Å². The predicted octanol–water partition coefficient (Wildman–Crippen LogP) is 4.56. The molecule has 11 heteroatoms. The summed E-state index contributed by atoms with van der Waals surface area (Å²) in [5.41, 5.74) is -0.752. The van der Waals surface area contributed by atoms with E-state index in [4.69, 9.17) is 27.9 Å². The number of nitro benzene ring substituents is 1. The van der Waals surface area contributed by atoms with E-state index < -0.39 is 14.9 Å². The van der Waals surface area contributed by atoms with Crippen LogP contribution < -0.4 is 9.46 Å². The fourth-order valence-electron chi connectivity index (χ4n) is 2.90. The summed E-state index contributed by atoms with van der Waals surface area (Å²) in [7, 11) is -0.345. The van der Waals surface area contributed by atoms with Crippen molar-refractivity contribution in [2.45, 2.75) is 18.7 Å². The topological polar surface area (TPSA) is 102 Å². The average molecular weight is 476 g/mol. The standard InChI is InChI=1S/C19H23Cl2N3O5S/c1-19(2,12-23(3)4)11-22-30(27,28)18-10-15(24(25)26)5-6-17(18)29-16-8-13(20)7-14(21)9-16/h5-10,22H,11-12H2,1-4H3. The number of nitrogens with zero attached hydrogens (tertiary/aromatic N) is 2. The highest BCUT2D eigenvalue weighted by Gasteiger charge is 2.27. The lowest BCUT2D eigenvalue weighted by atomic mass is 9.93. The summed E-state index contributed by atoms with van der Waals surface area (Å²) in [6.07, 6.45) is 0. The molecule has 0 aliphatic rings. The van der Waals surface area contributed by atoms with Crippen molar-refractivity contribution in [2.24, 2.45) is 5.41 Å². The molecule has 2 aromatic carbocycles. The zero-order valence-electron chi connectivity index (χ0n) is 17.0. The van der Waals surface area contributed by atoms with Gasteiger partial charge in [0.15, 0.2) is 0 Å². The van der Waals surface area contributed by atoms with Gasteiger partial charge in [-0.25, -0.2) is 13.1 Å². The first-order chi connectivity index (χ1) is 13.8. The van der Waals surface area contributed by atoms with Gasteiger partial charge in [-0.1, -0.05) is 37.0 Å². The Morgan fingerprint density at radius 3 is 2.27 bits per heavy atom. The summed E-state index contributed by atoms with van der Waals surface area (Å²) in [5.74, 6) is 0.114. The van der Waals surface area contributed by atoms with E-state index in [9.17, 15) is 18.5 Å². The van der Waals surface area contributed by atoms with E-state index in [-0.39, 0.29) is 34.0 Å². The number of sulfonamides is 1. The van der Waals surface area contributed by atoms with Crippen LogP contribution in [0.1, 0.15) is 13.8 Å². The Morgan fingerprint density at radius 1 is 1.13 bits per heavy atom. The van der Waals surface area contributed by atoms with E-state index in [0.717, 1.165) is 12.1 Å². The van der Waals surface area contributed by atoms with Gasteiger partial charge in [0.2, 0.25) is 10.0 Å². The lowest BCUT2D eigenvalue weighted by Gasteiger charge is -2.28. The minimum absolute atomic E-state index is 0.0863. The molecular formula is C19H23Cl2N3O5S. The maximum Gasteiger partial charge on any atom is 0.271 e. The fourth-order valence-corrected chi connectivity index (χ4v) is 4.79. The summed E-state index contributed by atoms with van der Waals surface area (Å²) >= 11 is 11.9. The molecule has 0 fully saturated rings. The molecule has 1 N–H and O–H groups in total. The minimum atomic E-state index is -4.12. The van der Waals surface area contributed by atoms with E-state index in [1.165, 1.54) is 24.3 Å². The molecule has 0 atom stereocenters. The zero-order valence-corrected chi connectivity index (χ0v) is 19.3. The van der Waals surface area contributed by atoms with Gasteiger partial charge in [-0.3, -0.25) is 10.1 Å². The summed E-state index contributed by atoms with van der Waals surface area (Å²) in [6, 6.07) is 7.77. The lowest BCUT2D eigenvalue weighted by Crippen LogP contribution is -2.40. The van der Waals surface area contributed by atoms with Crippen LogP contribution in [0.2, 0.25) is 10.0 Å². The SMILES string of the molecule is CN(C)CC(C)(C)CNS(=O)(=O)c1cc([N+](=O)[O-])ccc1Oc1cc(Cl)cc(Cl)c1. The van der Waals surface area contributed by atoms with E-state index in [1.807, 2.05) is 32.8 Å². The van der Waals surface area contributed by atoms with E-state index in [1.54, 1.807) is 0 Å². The quantitative estimate of drug-likeness (QED) is 0.421.